The van der Waals surface area contributed by atoms with Crippen LogP contribution in [0, 0.1) is 6.92 Å². The van der Waals surface area contributed by atoms with E-state index in [2.05, 4.69) is 52.0 Å². The summed E-state index contributed by atoms with van der Waals surface area (Å²) >= 11 is 1.60. The molecule has 2 aromatic carbocycles. The minimum atomic E-state index is -0.308. The number of aromatic nitrogens is 2. The number of amides is 2. The smallest absolute Gasteiger partial charge is 0.242 e. The number of hydrogen-bond donors (Lipinski definition) is 0. The van der Waals surface area contributed by atoms with Gasteiger partial charge in [-0.25, -0.2) is 4.68 Å². The Labute approximate surface area is 234 Å². The van der Waals surface area contributed by atoms with E-state index in [0.717, 1.165) is 33.8 Å². The second-order valence-corrected chi connectivity index (χ2v) is 12.1. The molecule has 0 bridgehead atoms. The lowest BCUT2D eigenvalue weighted by atomic mass is 9.87. The van der Waals surface area contributed by atoms with Crippen LogP contribution >= 0.6 is 11.8 Å². The average molecular weight is 549 g/mol. The van der Waals surface area contributed by atoms with Crippen LogP contribution in [-0.2, 0) is 19.7 Å². The molecule has 2 aliphatic rings. The van der Waals surface area contributed by atoms with Gasteiger partial charge in [-0.1, -0.05) is 50.6 Å². The monoisotopic (exact) mass is 548 g/mol. The van der Waals surface area contributed by atoms with Crippen LogP contribution in [0.25, 0.3) is 5.69 Å². The number of carbonyl (C=O) groups excluding carboxylic acids is 2. The summed E-state index contributed by atoms with van der Waals surface area (Å²) < 4.78 is 12.7. The van der Waals surface area contributed by atoms with Crippen molar-refractivity contribution in [2.24, 2.45) is 0 Å². The van der Waals surface area contributed by atoms with Gasteiger partial charge >= 0.3 is 0 Å². The number of methoxy groups -OCH3 is 1. The van der Waals surface area contributed by atoms with Crippen molar-refractivity contribution in [3.8, 4) is 11.4 Å². The standard InChI is InChI=1S/C30H36N4O4S/c1-20-7-6-8-21(17-20)27-26-28(30(2,3)4)31-34(22-9-11-23(37-5)12-10-22)29(26)33(25(36)19-39-27)18-24(35)32-13-15-38-16-14-32/h6-12,17,27H,13-16,18-19H2,1-5H3/t27-/m1/s1. The number of nitrogens with zero attached hydrogens (tertiary/aromatic N) is 4. The van der Waals surface area contributed by atoms with Gasteiger partial charge in [0, 0.05) is 24.1 Å². The van der Waals surface area contributed by atoms with Crippen LogP contribution in [-0.4, -0.2) is 72.2 Å². The van der Waals surface area contributed by atoms with Crippen molar-refractivity contribution in [1.82, 2.24) is 14.7 Å². The van der Waals surface area contributed by atoms with Gasteiger partial charge in [-0.3, -0.25) is 14.5 Å². The second kappa shape index (κ2) is 11.1. The first kappa shape index (κ1) is 27.3. The van der Waals surface area contributed by atoms with Crippen molar-refractivity contribution in [3.05, 3.63) is 70.9 Å². The molecular formula is C30H36N4O4S. The van der Waals surface area contributed by atoms with E-state index >= 15 is 0 Å². The van der Waals surface area contributed by atoms with Crippen LogP contribution < -0.4 is 9.64 Å². The van der Waals surface area contributed by atoms with Gasteiger partial charge < -0.3 is 14.4 Å². The number of fused-ring (bicyclic) bond motifs is 1. The van der Waals surface area contributed by atoms with Crippen molar-refractivity contribution in [1.29, 1.82) is 0 Å². The Bertz CT molecular complexity index is 1360. The highest BCUT2D eigenvalue weighted by molar-refractivity contribution is 8.00. The molecule has 2 aliphatic heterocycles. The molecule has 3 aromatic rings. The third-order valence-corrected chi connectivity index (χ3v) is 8.37. The summed E-state index contributed by atoms with van der Waals surface area (Å²) in [6, 6.07) is 16.1. The summed E-state index contributed by atoms with van der Waals surface area (Å²) in [5.74, 6) is 1.46. The van der Waals surface area contributed by atoms with E-state index in [9.17, 15) is 9.59 Å². The number of aryl methyl sites for hydroxylation is 1. The molecule has 1 fully saturated rings. The largest absolute Gasteiger partial charge is 0.497 e. The summed E-state index contributed by atoms with van der Waals surface area (Å²) in [7, 11) is 1.63. The van der Waals surface area contributed by atoms with E-state index in [1.54, 1.807) is 28.7 Å². The fraction of sp³-hybridized carbons (Fsp3) is 0.433. The molecule has 2 amide bonds. The fourth-order valence-electron chi connectivity index (χ4n) is 5.12. The van der Waals surface area contributed by atoms with Crippen LogP contribution in [0.2, 0.25) is 0 Å². The number of anilines is 1. The zero-order valence-electron chi connectivity index (χ0n) is 23.3. The maximum atomic E-state index is 13.8. The van der Waals surface area contributed by atoms with Crippen molar-refractivity contribution >= 4 is 29.4 Å². The number of benzene rings is 2. The number of hydrogen-bond acceptors (Lipinski definition) is 6. The molecule has 1 aromatic heterocycles. The van der Waals surface area contributed by atoms with Gasteiger partial charge in [-0.05, 0) is 36.8 Å². The summed E-state index contributed by atoms with van der Waals surface area (Å²) in [5, 5.41) is 5.04. The third-order valence-electron chi connectivity index (χ3n) is 7.12. The Kier molecular flexibility index (Phi) is 7.73. The Morgan fingerprint density at radius 2 is 1.85 bits per heavy atom. The third kappa shape index (κ3) is 5.56. The topological polar surface area (TPSA) is 76.9 Å². The summed E-state index contributed by atoms with van der Waals surface area (Å²) in [4.78, 5) is 30.8. The molecule has 8 nitrogen and oxygen atoms in total. The van der Waals surface area contributed by atoms with Crippen LogP contribution in [0.1, 0.15) is 48.4 Å². The predicted molar refractivity (Wildman–Crippen MR) is 154 cm³/mol. The number of ether oxygens (including phenoxy) is 2. The lowest BCUT2D eigenvalue weighted by Crippen LogP contribution is -2.48. The zero-order valence-corrected chi connectivity index (χ0v) is 24.1. The number of morpholine rings is 1. The van der Waals surface area contributed by atoms with E-state index in [1.807, 2.05) is 28.9 Å². The molecule has 9 heteroatoms. The SMILES string of the molecule is COc1ccc(-n2nc(C(C)(C)C)c3c2N(CC(=O)N2CCOCC2)C(=O)CS[C@@H]3c2cccc(C)c2)cc1. The Morgan fingerprint density at radius 1 is 1.13 bits per heavy atom. The van der Waals surface area contributed by atoms with Crippen LogP contribution in [0.15, 0.2) is 48.5 Å². The average Bonchev–Trinajstić information content (AvgIpc) is 3.27. The quantitative estimate of drug-likeness (QED) is 0.467. The van der Waals surface area contributed by atoms with Crippen molar-refractivity contribution in [2.75, 3.05) is 50.6 Å². The van der Waals surface area contributed by atoms with Crippen molar-refractivity contribution in [3.63, 3.8) is 0 Å². The highest BCUT2D eigenvalue weighted by atomic mass is 32.2. The molecular weight excluding hydrogens is 512 g/mol. The number of thioether (sulfide) groups is 1. The molecule has 0 spiro atoms. The summed E-state index contributed by atoms with van der Waals surface area (Å²) in [6.07, 6.45) is 0. The molecule has 1 saturated heterocycles. The summed E-state index contributed by atoms with van der Waals surface area (Å²) in [5.41, 5.74) is 4.66. The molecule has 39 heavy (non-hydrogen) atoms. The minimum Gasteiger partial charge on any atom is -0.497 e. The fourth-order valence-corrected chi connectivity index (χ4v) is 6.31. The molecule has 206 valence electrons. The maximum absolute atomic E-state index is 13.8. The Hall–Kier alpha value is -3.30. The van der Waals surface area contributed by atoms with Gasteiger partial charge in [-0.2, -0.15) is 5.10 Å². The van der Waals surface area contributed by atoms with Crippen molar-refractivity contribution in [2.45, 2.75) is 38.4 Å². The van der Waals surface area contributed by atoms with Gasteiger partial charge in [0.25, 0.3) is 0 Å². The molecule has 0 unspecified atom stereocenters. The van der Waals surface area contributed by atoms with E-state index in [-0.39, 0.29) is 34.8 Å². The maximum Gasteiger partial charge on any atom is 0.242 e. The van der Waals surface area contributed by atoms with E-state index in [4.69, 9.17) is 14.6 Å². The molecule has 0 radical (unpaired) electrons. The lowest BCUT2D eigenvalue weighted by molar-refractivity contribution is -0.134. The number of carbonyl (C=O) groups is 2. The molecule has 1 atom stereocenters. The molecule has 0 saturated carbocycles. The first-order valence-corrected chi connectivity index (χ1v) is 14.3. The molecule has 0 aliphatic carbocycles. The first-order chi connectivity index (χ1) is 18.7. The van der Waals surface area contributed by atoms with Crippen LogP contribution in [0.5, 0.6) is 5.75 Å². The van der Waals surface area contributed by atoms with Gasteiger partial charge in [0.05, 0.1) is 42.7 Å². The predicted octanol–water partition coefficient (Wildman–Crippen LogP) is 4.51. The van der Waals surface area contributed by atoms with Crippen LogP contribution in [0.3, 0.4) is 0 Å². The normalized spacial score (nSPS) is 18.1. The first-order valence-electron chi connectivity index (χ1n) is 13.3. The molecule has 0 N–H and O–H groups in total. The Balaban J connectivity index is 1.72. The highest BCUT2D eigenvalue weighted by Gasteiger charge is 2.40. The Morgan fingerprint density at radius 3 is 2.49 bits per heavy atom. The number of rotatable bonds is 5. The van der Waals surface area contributed by atoms with Gasteiger partial charge in [-0.15, -0.1) is 11.8 Å². The molecule has 5 rings (SSSR count). The van der Waals surface area contributed by atoms with E-state index in [1.165, 1.54) is 0 Å². The zero-order chi connectivity index (χ0) is 27.7. The van der Waals surface area contributed by atoms with Crippen molar-refractivity contribution < 1.29 is 19.1 Å². The van der Waals surface area contributed by atoms with Gasteiger partial charge in [0.2, 0.25) is 11.8 Å². The van der Waals surface area contributed by atoms with Gasteiger partial charge in [0.1, 0.15) is 18.1 Å². The van der Waals surface area contributed by atoms with Gasteiger partial charge in [0.15, 0.2) is 0 Å². The highest BCUT2D eigenvalue weighted by Crippen LogP contribution is 2.48. The second-order valence-electron chi connectivity index (χ2n) is 11.0. The lowest BCUT2D eigenvalue weighted by Gasteiger charge is -2.30. The summed E-state index contributed by atoms with van der Waals surface area (Å²) in [6.45, 7) is 10.5. The minimum absolute atomic E-state index is 0.0433. The van der Waals surface area contributed by atoms with E-state index < -0.39 is 0 Å². The van der Waals surface area contributed by atoms with Crippen LogP contribution in [0.4, 0.5) is 5.82 Å². The molecule has 3 heterocycles. The van der Waals surface area contributed by atoms with E-state index in [0.29, 0.717) is 32.1 Å².